The molecule has 0 unspecified atom stereocenters. The summed E-state index contributed by atoms with van der Waals surface area (Å²) in [5, 5.41) is 5.34. The normalized spacial score (nSPS) is 12.3. The van der Waals surface area contributed by atoms with E-state index < -0.39 is 0 Å². The maximum Gasteiger partial charge on any atom is 0.151 e. The van der Waals surface area contributed by atoms with Gasteiger partial charge in [0.1, 0.15) is 0 Å². The molecule has 74 heavy (non-hydrogen) atoms. The second-order valence-electron chi connectivity index (χ2n) is 23.0. The zero-order valence-electron chi connectivity index (χ0n) is 46.0. The predicted molar refractivity (Wildman–Crippen MR) is 319 cm³/mol. The van der Waals surface area contributed by atoms with Crippen LogP contribution < -0.4 is 9.64 Å². The molecule has 1 aliphatic heterocycles. The molecule has 0 aliphatic carbocycles. The van der Waals surface area contributed by atoms with Crippen LogP contribution in [-0.2, 0) is 17.9 Å². The van der Waals surface area contributed by atoms with Crippen molar-refractivity contribution < 1.29 is 4.74 Å². The van der Waals surface area contributed by atoms with Gasteiger partial charge in [0.05, 0.1) is 22.4 Å². The maximum absolute atomic E-state index is 5.97. The summed E-state index contributed by atoms with van der Waals surface area (Å²) in [6.45, 7) is 26.4. The predicted octanol–water partition coefficient (Wildman–Crippen LogP) is 19.5. The quantitative estimate of drug-likeness (QED) is 0.176. The maximum atomic E-state index is 5.97. The Morgan fingerprint density at radius 1 is 0.324 bits per heavy atom. The number of fused-ring (bicyclic) bond motifs is 8. The van der Waals surface area contributed by atoms with Gasteiger partial charge in [0, 0.05) is 52.4 Å². The number of hydrogen-bond donors (Lipinski definition) is 0. The number of nitrogens with zero attached hydrogens (tertiary/aromatic N) is 3. The van der Waals surface area contributed by atoms with E-state index in [1.54, 1.807) is 0 Å². The molecule has 1 aliphatic rings. The molecule has 9 aromatic carbocycles. The molecule has 0 amide bonds. The number of aromatic nitrogens is 2. The van der Waals surface area contributed by atoms with Crippen LogP contribution in [0, 0.1) is 41.5 Å². The third-order valence-corrected chi connectivity index (χ3v) is 14.9. The van der Waals surface area contributed by atoms with Crippen LogP contribution in [0.15, 0.2) is 176 Å². The molecule has 0 saturated carbocycles. The van der Waals surface area contributed by atoms with Crippen molar-refractivity contribution in [2.24, 2.45) is 7.05 Å². The first-order valence-corrected chi connectivity index (χ1v) is 26.2. The fourth-order valence-electron chi connectivity index (χ4n) is 10.6. The number of rotatable bonds is 3. The lowest BCUT2D eigenvalue weighted by molar-refractivity contribution is 0.475. The minimum Gasteiger partial charge on any atom is -0.453 e. The van der Waals surface area contributed by atoms with E-state index >= 15 is 0 Å². The lowest BCUT2D eigenvalue weighted by atomic mass is 9.85. The van der Waals surface area contributed by atoms with Crippen molar-refractivity contribution >= 4 is 55.0 Å². The van der Waals surface area contributed by atoms with Gasteiger partial charge in [0.25, 0.3) is 0 Å². The van der Waals surface area contributed by atoms with E-state index in [9.17, 15) is 0 Å². The number of anilines is 2. The van der Waals surface area contributed by atoms with Crippen LogP contribution in [0.5, 0.6) is 11.5 Å². The van der Waals surface area contributed by atoms with Crippen LogP contribution in [0.4, 0.5) is 11.4 Å². The van der Waals surface area contributed by atoms with Crippen LogP contribution in [0.2, 0.25) is 0 Å². The highest BCUT2D eigenvalue weighted by Crippen LogP contribution is 2.46. The minimum atomic E-state index is 0.125. The molecule has 0 saturated heterocycles. The molecule has 2 aromatic heterocycles. The largest absolute Gasteiger partial charge is 0.453 e. The monoisotopic (exact) mass is 970 g/mol. The number of benzene rings is 9. The fraction of sp³-hybridized carbons (Fsp3) is 0.229. The second-order valence-corrected chi connectivity index (χ2v) is 23.0. The summed E-state index contributed by atoms with van der Waals surface area (Å²) in [7, 11) is 4.21. The van der Waals surface area contributed by atoms with Crippen molar-refractivity contribution in [2.45, 2.75) is 93.9 Å². The van der Waals surface area contributed by atoms with Gasteiger partial charge in [0.2, 0.25) is 0 Å². The number of hydrogen-bond acceptors (Lipinski definition) is 2. The van der Waals surface area contributed by atoms with Gasteiger partial charge in [-0.25, -0.2) is 0 Å². The molecular formula is C70H71N3O. The third kappa shape index (κ3) is 9.74. The van der Waals surface area contributed by atoms with Crippen LogP contribution in [0.25, 0.3) is 71.6 Å². The SMILES string of the molecule is Cc1ccc2c(c1)Oc1cc(C)ccc1N2C.Cc1ccc2c(c1)c1cc(C)ccc1n2-c1cc(-c2ccc(C(C)(C)C)cc2)cc(-c2ccc(C(C)(C)C)cc2)c1.Cc1ccc2c(c1)c1cc(C)ccc1n2C. The van der Waals surface area contributed by atoms with Crippen molar-refractivity contribution in [3.05, 3.63) is 220 Å². The highest BCUT2D eigenvalue weighted by molar-refractivity contribution is 6.10. The highest BCUT2D eigenvalue weighted by atomic mass is 16.5. The molecule has 0 radical (unpaired) electrons. The van der Waals surface area contributed by atoms with Gasteiger partial charge >= 0.3 is 0 Å². The van der Waals surface area contributed by atoms with Gasteiger partial charge < -0.3 is 18.8 Å². The zero-order valence-corrected chi connectivity index (χ0v) is 46.0. The first-order valence-electron chi connectivity index (χ1n) is 26.2. The molecule has 4 heteroatoms. The second kappa shape index (κ2) is 19.2. The summed E-state index contributed by atoms with van der Waals surface area (Å²) < 4.78 is 10.7. The highest BCUT2D eigenvalue weighted by Gasteiger charge is 2.22. The van der Waals surface area contributed by atoms with Crippen LogP contribution in [0.3, 0.4) is 0 Å². The van der Waals surface area contributed by atoms with E-state index in [1.165, 1.54) is 116 Å². The van der Waals surface area contributed by atoms with E-state index in [1.807, 2.05) is 0 Å². The van der Waals surface area contributed by atoms with Crippen LogP contribution in [0.1, 0.15) is 86.1 Å². The molecule has 11 aromatic rings. The standard InChI is InChI=1S/C40H41N.C15H15NO.C15H15N/c1-26-9-19-37-35(21-26)36-22-27(2)10-20-38(36)41(37)34-24-30(28-11-15-32(16-12-28)39(3,4)5)23-31(25-34)29-13-17-33(18-14-29)40(6,7)8;1-10-4-6-12-14(8-10)17-15-9-11(2)5-7-13(15)16(12)3;1-10-4-6-14-12(8-10)13-9-11(2)5-7-15(13)16(14)3/h9-25H,1-8H3;4-9H,1-3H3;4-9H,1-3H3. The average molecular weight is 970 g/mol. The van der Waals surface area contributed by atoms with Crippen molar-refractivity contribution in [3.63, 3.8) is 0 Å². The first kappa shape index (κ1) is 49.7. The molecule has 0 atom stereocenters. The summed E-state index contributed by atoms with van der Waals surface area (Å²) in [5.74, 6) is 1.87. The summed E-state index contributed by atoms with van der Waals surface area (Å²) >= 11 is 0. The van der Waals surface area contributed by atoms with Crippen molar-refractivity contribution in [1.82, 2.24) is 9.13 Å². The Balaban J connectivity index is 0.000000154. The van der Waals surface area contributed by atoms with Gasteiger partial charge in [-0.15, -0.1) is 0 Å². The summed E-state index contributed by atoms with van der Waals surface area (Å²) in [6, 6.07) is 64.9. The molecule has 0 spiro atoms. The van der Waals surface area contributed by atoms with Crippen molar-refractivity contribution in [3.8, 4) is 39.4 Å². The molecular weight excluding hydrogens is 899 g/mol. The van der Waals surface area contributed by atoms with E-state index in [2.05, 4.69) is 287 Å². The number of ether oxygens (including phenoxy) is 1. The molecule has 372 valence electrons. The molecule has 3 heterocycles. The lowest BCUT2D eigenvalue weighted by Gasteiger charge is -2.30. The Morgan fingerprint density at radius 3 is 1.01 bits per heavy atom. The Kier molecular flexibility index (Phi) is 12.9. The van der Waals surface area contributed by atoms with Crippen molar-refractivity contribution in [2.75, 3.05) is 11.9 Å². The topological polar surface area (TPSA) is 22.3 Å². The third-order valence-electron chi connectivity index (χ3n) is 14.9. The Bertz CT molecular complexity index is 3660. The zero-order chi connectivity index (χ0) is 52.4. The summed E-state index contributed by atoms with van der Waals surface area (Å²) in [5.41, 5.74) is 24.0. The van der Waals surface area contributed by atoms with E-state index in [0.29, 0.717) is 0 Å². The molecule has 12 rings (SSSR count). The molecule has 4 nitrogen and oxygen atoms in total. The summed E-state index contributed by atoms with van der Waals surface area (Å²) in [4.78, 5) is 2.17. The number of aryl methyl sites for hydroxylation is 7. The molecule has 0 bridgehead atoms. The van der Waals surface area contributed by atoms with Crippen LogP contribution in [-0.4, -0.2) is 16.2 Å². The Labute approximate surface area is 439 Å². The van der Waals surface area contributed by atoms with Crippen LogP contribution >= 0.6 is 0 Å². The van der Waals surface area contributed by atoms with E-state index in [4.69, 9.17) is 4.74 Å². The Morgan fingerprint density at radius 2 is 0.649 bits per heavy atom. The molecule has 0 N–H and O–H groups in total. The molecule has 0 fully saturated rings. The van der Waals surface area contributed by atoms with Gasteiger partial charge in [-0.3, -0.25) is 0 Å². The van der Waals surface area contributed by atoms with Crippen molar-refractivity contribution in [1.29, 1.82) is 0 Å². The van der Waals surface area contributed by atoms with E-state index in [-0.39, 0.29) is 10.8 Å². The smallest absolute Gasteiger partial charge is 0.151 e. The van der Waals surface area contributed by atoms with E-state index in [0.717, 1.165) is 22.9 Å². The Hall–Kier alpha value is -7.82. The first-order chi connectivity index (χ1) is 35.2. The van der Waals surface area contributed by atoms with Gasteiger partial charge in [-0.05, 0) is 188 Å². The lowest BCUT2D eigenvalue weighted by Crippen LogP contribution is -2.15. The van der Waals surface area contributed by atoms with Gasteiger partial charge in [-0.1, -0.05) is 149 Å². The minimum absolute atomic E-state index is 0.125. The van der Waals surface area contributed by atoms with Gasteiger partial charge in [0.15, 0.2) is 11.5 Å². The fourth-order valence-corrected chi connectivity index (χ4v) is 10.6. The van der Waals surface area contributed by atoms with Gasteiger partial charge in [-0.2, -0.15) is 0 Å². The average Bonchev–Trinajstić information content (AvgIpc) is 3.83. The summed E-state index contributed by atoms with van der Waals surface area (Å²) in [6.07, 6.45) is 0.